The van der Waals surface area contributed by atoms with E-state index in [0.717, 1.165) is 0 Å². The molecule has 26 heavy (non-hydrogen) atoms. The Labute approximate surface area is 145 Å². The zero-order valence-corrected chi connectivity index (χ0v) is 13.3. The summed E-state index contributed by atoms with van der Waals surface area (Å²) in [5.74, 6) is 0.643. The molecule has 0 spiro atoms. The van der Waals surface area contributed by atoms with Crippen LogP contribution in [0.3, 0.4) is 0 Å². The maximum absolute atomic E-state index is 12.2. The predicted octanol–water partition coefficient (Wildman–Crippen LogP) is 1.03. The zero-order chi connectivity index (χ0) is 18.1. The highest BCUT2D eigenvalue weighted by molar-refractivity contribution is 5.78. The summed E-state index contributed by atoms with van der Waals surface area (Å²) in [7, 11) is 0. The molecule has 1 fully saturated rings. The molecule has 0 radical (unpaired) electrons. The van der Waals surface area contributed by atoms with Gasteiger partial charge in [0.25, 0.3) is 0 Å². The van der Waals surface area contributed by atoms with Crippen LogP contribution in [0, 0.1) is 5.92 Å². The van der Waals surface area contributed by atoms with Crippen molar-refractivity contribution in [2.24, 2.45) is 5.92 Å². The minimum atomic E-state index is -2.95. The number of nitrogens with one attached hydrogen (secondary N) is 3. The summed E-state index contributed by atoms with van der Waals surface area (Å²) in [6, 6.07) is 1.28. The van der Waals surface area contributed by atoms with E-state index < -0.39 is 6.61 Å². The lowest BCUT2D eigenvalue weighted by molar-refractivity contribution is -0.119. The van der Waals surface area contributed by atoms with E-state index >= 15 is 0 Å². The summed E-state index contributed by atoms with van der Waals surface area (Å²) >= 11 is 0. The van der Waals surface area contributed by atoms with Gasteiger partial charge >= 0.3 is 6.61 Å². The highest BCUT2D eigenvalue weighted by Crippen LogP contribution is 2.20. The van der Waals surface area contributed by atoms with Crippen molar-refractivity contribution in [2.75, 3.05) is 11.9 Å². The van der Waals surface area contributed by atoms with Crippen LogP contribution in [-0.2, 0) is 11.3 Å². The minimum absolute atomic E-state index is 0.0287. The van der Waals surface area contributed by atoms with E-state index in [1.165, 1.54) is 12.3 Å². The Bertz CT molecular complexity index is 940. The van der Waals surface area contributed by atoms with E-state index in [9.17, 15) is 13.6 Å². The summed E-state index contributed by atoms with van der Waals surface area (Å²) in [6.07, 6.45) is 3.54. The van der Waals surface area contributed by atoms with Crippen LogP contribution in [0.5, 0.6) is 5.88 Å². The number of hydrogen-bond donors (Lipinski definition) is 3. The lowest BCUT2D eigenvalue weighted by Crippen LogP contribution is -2.16. The van der Waals surface area contributed by atoms with Crippen LogP contribution in [0.2, 0.25) is 0 Å². The molecule has 1 saturated heterocycles. The smallest absolute Gasteiger partial charge is 0.388 e. The molecule has 1 aliphatic rings. The van der Waals surface area contributed by atoms with Crippen molar-refractivity contribution in [3.05, 3.63) is 18.5 Å². The molecule has 1 aliphatic heterocycles. The number of hydrogen-bond acceptors (Lipinski definition) is 7. The number of ether oxygens (including phenoxy) is 1. The van der Waals surface area contributed by atoms with Gasteiger partial charge in [-0.1, -0.05) is 0 Å². The average molecular weight is 364 g/mol. The Balaban J connectivity index is 1.52. The number of rotatable bonds is 6. The second-order valence-corrected chi connectivity index (χ2v) is 5.79. The van der Waals surface area contributed by atoms with Gasteiger partial charge in [0.1, 0.15) is 11.3 Å². The van der Waals surface area contributed by atoms with Gasteiger partial charge in [0.15, 0.2) is 11.5 Å². The fourth-order valence-corrected chi connectivity index (χ4v) is 2.74. The maximum atomic E-state index is 12.2. The summed E-state index contributed by atoms with van der Waals surface area (Å²) in [4.78, 5) is 20.0. The number of fused-ring (bicyclic) bond motifs is 1. The number of H-pyrrole nitrogens is 1. The number of carbonyl (C=O) groups excluding carboxylic acids is 1. The number of halogens is 2. The number of carbonyl (C=O) groups is 1. The van der Waals surface area contributed by atoms with E-state index in [-0.39, 0.29) is 17.7 Å². The average Bonchev–Trinajstić information content (AvgIpc) is 3.30. The molecule has 0 aliphatic carbocycles. The van der Waals surface area contributed by atoms with Crippen LogP contribution < -0.4 is 15.4 Å². The van der Waals surface area contributed by atoms with Gasteiger partial charge in [-0.3, -0.25) is 9.89 Å². The number of anilines is 2. The molecule has 0 aromatic carbocycles. The molecule has 136 valence electrons. The Hall–Kier alpha value is -3.31. The molecular weight excluding hydrogens is 350 g/mol. The van der Waals surface area contributed by atoms with Crippen LogP contribution in [0.4, 0.5) is 20.4 Å². The van der Waals surface area contributed by atoms with Crippen LogP contribution >= 0.6 is 0 Å². The van der Waals surface area contributed by atoms with Crippen LogP contribution in [0.25, 0.3) is 11.2 Å². The molecule has 1 amide bonds. The lowest BCUT2D eigenvalue weighted by atomic mass is 10.1. The normalized spacial score (nSPS) is 17.0. The largest absolute Gasteiger partial charge is 0.415 e. The fourth-order valence-electron chi connectivity index (χ4n) is 2.74. The highest BCUT2D eigenvalue weighted by atomic mass is 19.3. The predicted molar refractivity (Wildman–Crippen MR) is 84.9 cm³/mol. The van der Waals surface area contributed by atoms with Crippen molar-refractivity contribution in [3.63, 3.8) is 0 Å². The molecule has 12 heteroatoms. The Morgan fingerprint density at radius 2 is 2.31 bits per heavy atom. The molecule has 10 nitrogen and oxygen atoms in total. The quantitative estimate of drug-likeness (QED) is 0.597. The molecule has 3 aromatic rings. The van der Waals surface area contributed by atoms with E-state index in [0.29, 0.717) is 42.3 Å². The summed E-state index contributed by atoms with van der Waals surface area (Å²) < 4.78 is 30.2. The first-order chi connectivity index (χ1) is 12.6. The molecule has 1 unspecified atom stereocenters. The first-order valence-electron chi connectivity index (χ1n) is 7.79. The van der Waals surface area contributed by atoms with E-state index in [1.807, 2.05) is 0 Å². The van der Waals surface area contributed by atoms with Gasteiger partial charge in [-0.05, 0) is 0 Å². The number of nitrogens with zero attached hydrogens (tertiary/aromatic N) is 5. The molecule has 4 heterocycles. The maximum Gasteiger partial charge on any atom is 0.388 e. The van der Waals surface area contributed by atoms with Crippen LogP contribution in [-0.4, -0.2) is 49.0 Å². The monoisotopic (exact) mass is 364 g/mol. The Kier molecular flexibility index (Phi) is 4.07. The molecule has 3 aromatic heterocycles. The minimum Gasteiger partial charge on any atom is -0.415 e. The van der Waals surface area contributed by atoms with Crippen molar-refractivity contribution in [1.82, 2.24) is 35.3 Å². The molecule has 3 N–H and O–H groups in total. The second-order valence-electron chi connectivity index (χ2n) is 5.79. The number of aromatic nitrogens is 6. The molecular formula is C14H14F2N8O2. The first kappa shape index (κ1) is 16.2. The molecule has 0 bridgehead atoms. The highest BCUT2D eigenvalue weighted by Gasteiger charge is 2.23. The van der Waals surface area contributed by atoms with Gasteiger partial charge in [0.05, 0.1) is 12.4 Å². The van der Waals surface area contributed by atoms with Gasteiger partial charge in [-0.2, -0.15) is 13.9 Å². The van der Waals surface area contributed by atoms with Crippen molar-refractivity contribution >= 4 is 28.7 Å². The van der Waals surface area contributed by atoms with Crippen molar-refractivity contribution < 1.29 is 18.3 Å². The van der Waals surface area contributed by atoms with Gasteiger partial charge in [0, 0.05) is 31.5 Å². The molecule has 0 saturated carbocycles. The van der Waals surface area contributed by atoms with Crippen molar-refractivity contribution in [2.45, 2.75) is 19.6 Å². The molecule has 4 rings (SSSR count). The Morgan fingerprint density at radius 3 is 3.08 bits per heavy atom. The van der Waals surface area contributed by atoms with Gasteiger partial charge in [-0.15, -0.1) is 5.10 Å². The third kappa shape index (κ3) is 3.38. The van der Waals surface area contributed by atoms with E-state index in [1.54, 1.807) is 10.9 Å². The van der Waals surface area contributed by atoms with Gasteiger partial charge in [0.2, 0.25) is 11.8 Å². The SMILES string of the molecule is O=C1CC(Cn2ncc3ncc(Nc4cc(OC(F)F)n[nH]4)nc32)CN1. The fraction of sp³-hybridized carbons (Fsp3) is 0.357. The second kappa shape index (κ2) is 6.54. The number of amides is 1. The number of alkyl halides is 2. The summed E-state index contributed by atoms with van der Waals surface area (Å²) in [6.45, 7) is -1.81. The van der Waals surface area contributed by atoms with Crippen LogP contribution in [0.1, 0.15) is 6.42 Å². The summed E-state index contributed by atoms with van der Waals surface area (Å²) in [5, 5.41) is 16.1. The topological polar surface area (TPSA) is 123 Å². The molecule has 1 atom stereocenters. The van der Waals surface area contributed by atoms with Crippen molar-refractivity contribution in [1.29, 1.82) is 0 Å². The van der Waals surface area contributed by atoms with Crippen molar-refractivity contribution in [3.8, 4) is 5.88 Å². The Morgan fingerprint density at radius 1 is 1.42 bits per heavy atom. The van der Waals surface area contributed by atoms with Gasteiger partial charge < -0.3 is 15.4 Å². The van der Waals surface area contributed by atoms with Crippen LogP contribution in [0.15, 0.2) is 18.5 Å². The van der Waals surface area contributed by atoms with Gasteiger partial charge in [-0.25, -0.2) is 14.6 Å². The first-order valence-corrected chi connectivity index (χ1v) is 7.79. The van der Waals surface area contributed by atoms with E-state index in [2.05, 4.69) is 40.6 Å². The van der Waals surface area contributed by atoms with E-state index in [4.69, 9.17) is 0 Å². The third-order valence-electron chi connectivity index (χ3n) is 3.87. The number of aromatic amines is 1. The third-order valence-corrected chi connectivity index (χ3v) is 3.87. The standard InChI is InChI=1S/C14H14F2N8O2/c15-14(16)26-12-2-9(22-23-12)20-10-5-17-8-4-19-24(13(8)21-10)6-7-1-11(25)18-3-7/h2,4-5,7,14H,1,3,6H2,(H,18,25)(H2,20,21,22,23). The lowest BCUT2D eigenvalue weighted by Gasteiger charge is -2.08. The zero-order valence-electron chi connectivity index (χ0n) is 13.3. The summed E-state index contributed by atoms with van der Waals surface area (Å²) in [5.41, 5.74) is 1.16.